The molecular weight excluding hydrogens is 476 g/mol. The van der Waals surface area contributed by atoms with Crippen LogP contribution in [0.25, 0.3) is 5.76 Å². The van der Waals surface area contributed by atoms with Gasteiger partial charge in [-0.05, 0) is 12.8 Å². The van der Waals surface area contributed by atoms with Gasteiger partial charge in [-0.2, -0.15) is 0 Å². The van der Waals surface area contributed by atoms with Crippen LogP contribution in [0.3, 0.4) is 0 Å². The number of ketones is 2. The fourth-order valence-electron chi connectivity index (χ4n) is 5.10. The summed E-state index contributed by atoms with van der Waals surface area (Å²) in [5, 5.41) is 10.7. The summed E-state index contributed by atoms with van der Waals surface area (Å²) in [6.45, 7) is 6.13. The van der Waals surface area contributed by atoms with Gasteiger partial charge in [0.2, 0.25) is 11.6 Å². The molecule has 38 heavy (non-hydrogen) atoms. The molecule has 0 aromatic heterocycles. The van der Waals surface area contributed by atoms with E-state index in [1.807, 2.05) is 13.8 Å². The maximum atomic E-state index is 12.6. The highest BCUT2D eigenvalue weighted by Crippen LogP contribution is 2.35. The summed E-state index contributed by atoms with van der Waals surface area (Å²) in [5.41, 5.74) is 0.118. The fraction of sp³-hybridized carbons (Fsp3) is 0.667. The molecule has 0 radical (unpaired) electrons. The van der Waals surface area contributed by atoms with Gasteiger partial charge in [-0.3, -0.25) is 14.4 Å². The normalized spacial score (nSPS) is 13.7. The monoisotopic (exact) mass is 526 g/mol. The van der Waals surface area contributed by atoms with Crippen LogP contribution >= 0.6 is 0 Å². The number of aliphatic hydroxyl groups excluding tert-OH is 1. The molecule has 0 saturated heterocycles. The van der Waals surface area contributed by atoms with E-state index in [1.54, 1.807) is 24.3 Å². The van der Waals surface area contributed by atoms with Gasteiger partial charge < -0.3 is 9.84 Å². The third-order valence-electron chi connectivity index (χ3n) is 7.46. The van der Waals surface area contributed by atoms with Crippen LogP contribution in [0, 0.1) is 5.41 Å². The minimum absolute atomic E-state index is 0.0946. The Balaban J connectivity index is 1.55. The lowest BCUT2D eigenvalue weighted by atomic mass is 9.79. The lowest BCUT2D eigenvalue weighted by Gasteiger charge is -2.27. The zero-order chi connectivity index (χ0) is 27.8. The van der Waals surface area contributed by atoms with Crippen LogP contribution < -0.4 is 0 Å². The molecule has 0 saturated carbocycles. The summed E-state index contributed by atoms with van der Waals surface area (Å²) in [6.07, 6.45) is 19.8. The number of benzene rings is 1. The van der Waals surface area contributed by atoms with E-state index in [-0.39, 0.29) is 35.9 Å². The van der Waals surface area contributed by atoms with E-state index in [2.05, 4.69) is 6.92 Å². The smallest absolute Gasteiger partial charge is 0.305 e. The van der Waals surface area contributed by atoms with E-state index in [4.69, 9.17) is 4.74 Å². The molecule has 5 heteroatoms. The Bertz CT molecular complexity index is 927. The second-order valence-electron chi connectivity index (χ2n) is 11.7. The largest absolute Gasteiger partial charge is 0.507 e. The van der Waals surface area contributed by atoms with E-state index in [1.165, 1.54) is 77.0 Å². The molecule has 0 heterocycles. The van der Waals surface area contributed by atoms with Gasteiger partial charge in [0, 0.05) is 28.5 Å². The van der Waals surface area contributed by atoms with Crippen molar-refractivity contribution >= 4 is 23.3 Å². The van der Waals surface area contributed by atoms with Crippen LogP contribution in [0.2, 0.25) is 0 Å². The zero-order valence-electron chi connectivity index (χ0n) is 24.1. The van der Waals surface area contributed by atoms with E-state index < -0.39 is 17.0 Å². The Hall–Kier alpha value is -2.43. The van der Waals surface area contributed by atoms with Crippen molar-refractivity contribution in [3.05, 3.63) is 41.0 Å². The molecule has 1 N–H and O–H groups in total. The van der Waals surface area contributed by atoms with Gasteiger partial charge in [0.1, 0.15) is 5.76 Å². The number of allylic oxidation sites excluding steroid dienone is 1. The van der Waals surface area contributed by atoms with Gasteiger partial charge in [0.15, 0.2) is 0 Å². The molecule has 0 fully saturated rings. The fourth-order valence-corrected chi connectivity index (χ4v) is 5.10. The van der Waals surface area contributed by atoms with Crippen molar-refractivity contribution in [1.82, 2.24) is 0 Å². The van der Waals surface area contributed by atoms with Gasteiger partial charge in [0.05, 0.1) is 6.61 Å². The Morgan fingerprint density at radius 2 is 1.21 bits per heavy atom. The number of aliphatic hydroxyl groups is 1. The van der Waals surface area contributed by atoms with Crippen LogP contribution in [-0.4, -0.2) is 29.2 Å². The van der Waals surface area contributed by atoms with Crippen LogP contribution in [0.4, 0.5) is 0 Å². The predicted octanol–water partition coefficient (Wildman–Crippen LogP) is 8.94. The van der Waals surface area contributed by atoms with Crippen molar-refractivity contribution in [2.75, 3.05) is 6.61 Å². The highest BCUT2D eigenvalue weighted by Gasteiger charge is 2.36. The SMILES string of the molecule is CCCCCCCCCCCCCCCCCC(=O)OCC(C)(C)CC1=C(O)c2ccccc2C(=O)C1=O. The van der Waals surface area contributed by atoms with Crippen molar-refractivity contribution in [1.29, 1.82) is 0 Å². The second kappa shape index (κ2) is 17.2. The van der Waals surface area contributed by atoms with Gasteiger partial charge >= 0.3 is 5.97 Å². The third kappa shape index (κ3) is 11.1. The van der Waals surface area contributed by atoms with Gasteiger partial charge in [0.25, 0.3) is 0 Å². The van der Waals surface area contributed by atoms with E-state index in [0.29, 0.717) is 12.0 Å². The Morgan fingerprint density at radius 3 is 1.74 bits per heavy atom. The highest BCUT2D eigenvalue weighted by molar-refractivity contribution is 6.52. The second-order valence-corrected chi connectivity index (χ2v) is 11.7. The third-order valence-corrected chi connectivity index (χ3v) is 7.46. The maximum absolute atomic E-state index is 12.6. The van der Waals surface area contributed by atoms with Crippen LogP contribution in [0.1, 0.15) is 146 Å². The van der Waals surface area contributed by atoms with Crippen molar-refractivity contribution in [3.63, 3.8) is 0 Å². The number of rotatable bonds is 20. The molecule has 0 unspecified atom stereocenters. The summed E-state index contributed by atoms with van der Waals surface area (Å²) < 4.78 is 5.49. The predicted molar refractivity (Wildman–Crippen MR) is 154 cm³/mol. The van der Waals surface area contributed by atoms with Crippen molar-refractivity contribution in [2.45, 2.75) is 130 Å². The average Bonchev–Trinajstić information content (AvgIpc) is 2.91. The van der Waals surface area contributed by atoms with E-state index in [0.717, 1.165) is 19.3 Å². The highest BCUT2D eigenvalue weighted by atomic mass is 16.5. The summed E-state index contributed by atoms with van der Waals surface area (Å²) in [6, 6.07) is 6.58. The van der Waals surface area contributed by atoms with Crippen molar-refractivity contribution < 1.29 is 24.2 Å². The molecule has 0 bridgehead atoms. The lowest BCUT2D eigenvalue weighted by Crippen LogP contribution is -2.29. The first-order chi connectivity index (χ1) is 18.3. The summed E-state index contributed by atoms with van der Waals surface area (Å²) in [4.78, 5) is 37.3. The summed E-state index contributed by atoms with van der Waals surface area (Å²) in [7, 11) is 0. The minimum atomic E-state index is -0.682. The van der Waals surface area contributed by atoms with E-state index >= 15 is 0 Å². The molecule has 1 aliphatic carbocycles. The molecule has 5 nitrogen and oxygen atoms in total. The Kier molecular flexibility index (Phi) is 14.4. The molecule has 212 valence electrons. The number of hydrogen-bond donors (Lipinski definition) is 1. The maximum Gasteiger partial charge on any atom is 0.305 e. The van der Waals surface area contributed by atoms with Crippen LogP contribution in [0.15, 0.2) is 29.8 Å². The summed E-state index contributed by atoms with van der Waals surface area (Å²) in [5.74, 6) is -1.67. The number of hydrogen-bond acceptors (Lipinski definition) is 5. The number of unbranched alkanes of at least 4 members (excludes halogenated alkanes) is 14. The molecule has 0 aliphatic heterocycles. The molecule has 1 aliphatic rings. The number of carbonyl (C=O) groups excluding carboxylic acids is 3. The number of esters is 1. The Morgan fingerprint density at radius 1 is 0.737 bits per heavy atom. The first-order valence-corrected chi connectivity index (χ1v) is 15.0. The Labute approximate surface area is 230 Å². The number of ether oxygens (including phenoxy) is 1. The zero-order valence-corrected chi connectivity index (χ0v) is 24.1. The first kappa shape index (κ1) is 31.8. The summed E-state index contributed by atoms with van der Waals surface area (Å²) >= 11 is 0. The first-order valence-electron chi connectivity index (χ1n) is 15.0. The average molecular weight is 527 g/mol. The number of carbonyl (C=O) groups is 3. The molecule has 1 aromatic rings. The number of Topliss-reactive ketones (excluding diaryl/α,β-unsaturated/α-hetero) is 2. The molecular formula is C33H50O5. The van der Waals surface area contributed by atoms with Crippen LogP contribution in [-0.2, 0) is 14.3 Å². The quantitative estimate of drug-likeness (QED) is 0.104. The molecule has 1 aromatic carbocycles. The molecule has 0 spiro atoms. The van der Waals surface area contributed by atoms with Crippen LogP contribution in [0.5, 0.6) is 0 Å². The molecule has 0 amide bonds. The lowest BCUT2D eigenvalue weighted by molar-refractivity contribution is -0.146. The van der Waals surface area contributed by atoms with Crippen molar-refractivity contribution in [3.8, 4) is 0 Å². The van der Waals surface area contributed by atoms with Crippen molar-refractivity contribution in [2.24, 2.45) is 5.41 Å². The number of fused-ring (bicyclic) bond motifs is 1. The standard InChI is InChI=1S/C33H50O5/c1-4-5-6-7-8-9-10-11-12-13-14-15-16-17-18-23-29(34)38-25-33(2,3)24-28-30(35)26-21-19-20-22-27(26)31(36)32(28)37/h19-22,35H,4-18,23-25H2,1-3H3. The van der Waals surface area contributed by atoms with E-state index in [9.17, 15) is 19.5 Å². The minimum Gasteiger partial charge on any atom is -0.507 e. The van der Waals surface area contributed by atoms with Gasteiger partial charge in [-0.25, -0.2) is 0 Å². The topological polar surface area (TPSA) is 80.7 Å². The molecule has 2 rings (SSSR count). The van der Waals surface area contributed by atoms with Gasteiger partial charge in [-0.1, -0.05) is 135 Å². The van der Waals surface area contributed by atoms with Gasteiger partial charge in [-0.15, -0.1) is 0 Å². The molecule has 0 atom stereocenters.